The van der Waals surface area contributed by atoms with Gasteiger partial charge in [0, 0.05) is 28.8 Å². The lowest BCUT2D eigenvalue weighted by Crippen LogP contribution is -2.35. The third-order valence-corrected chi connectivity index (χ3v) is 3.83. The lowest BCUT2D eigenvalue weighted by Gasteiger charge is -2.05. The van der Waals surface area contributed by atoms with E-state index >= 15 is 0 Å². The van der Waals surface area contributed by atoms with Crippen molar-refractivity contribution in [3.63, 3.8) is 0 Å². The third kappa shape index (κ3) is 4.14. The Morgan fingerprint density at radius 3 is 2.61 bits per heavy atom. The first-order valence-corrected chi connectivity index (χ1v) is 7.06. The molecule has 18 heavy (non-hydrogen) atoms. The Kier molecular flexibility index (Phi) is 4.36. The number of carbonyl (C=O) groups excluding carboxylic acids is 2. The topological polar surface area (TPSA) is 58.2 Å². The van der Waals surface area contributed by atoms with Crippen LogP contribution >= 0.6 is 11.3 Å². The number of nitrogens with one attached hydrogen (secondary N) is 2. The molecule has 1 heterocycles. The highest BCUT2D eigenvalue weighted by atomic mass is 32.1. The van der Waals surface area contributed by atoms with Crippen LogP contribution in [0.4, 0.5) is 0 Å². The molecule has 0 saturated heterocycles. The molecule has 2 amide bonds. The highest BCUT2D eigenvalue weighted by molar-refractivity contribution is 7.12. The molecule has 1 fully saturated rings. The second-order valence-electron chi connectivity index (χ2n) is 4.60. The van der Waals surface area contributed by atoms with Crippen LogP contribution in [0.1, 0.15) is 22.6 Å². The van der Waals surface area contributed by atoms with Crippen LogP contribution in [0, 0.1) is 12.8 Å². The summed E-state index contributed by atoms with van der Waals surface area (Å²) in [7, 11) is 0. The Bertz CT molecular complexity index is 438. The maximum Gasteiger partial charge on any atom is 0.225 e. The van der Waals surface area contributed by atoms with Crippen molar-refractivity contribution in [2.75, 3.05) is 13.1 Å². The number of hydrogen-bond acceptors (Lipinski definition) is 3. The van der Waals surface area contributed by atoms with Crippen molar-refractivity contribution in [2.45, 2.75) is 26.2 Å². The zero-order chi connectivity index (χ0) is 13.0. The number of amides is 2. The van der Waals surface area contributed by atoms with Crippen molar-refractivity contribution in [3.8, 4) is 0 Å². The second-order valence-corrected chi connectivity index (χ2v) is 5.98. The maximum atomic E-state index is 11.6. The molecule has 0 bridgehead atoms. The number of thiophene rings is 1. The Labute approximate surface area is 111 Å². The molecule has 0 aromatic carbocycles. The van der Waals surface area contributed by atoms with E-state index < -0.39 is 0 Å². The number of rotatable bonds is 6. The number of aryl methyl sites for hydroxylation is 1. The molecule has 98 valence electrons. The van der Waals surface area contributed by atoms with E-state index in [0.29, 0.717) is 19.5 Å². The standard InChI is InChI=1S/C13H18N2O2S/c1-9-2-5-11(18-9)8-12(16)14-6-7-15-13(17)10-3-4-10/h2,5,10H,3-4,6-8H2,1H3,(H,14,16)(H,15,17). The summed E-state index contributed by atoms with van der Waals surface area (Å²) in [6, 6.07) is 4.00. The van der Waals surface area contributed by atoms with Gasteiger partial charge >= 0.3 is 0 Å². The first-order valence-electron chi connectivity index (χ1n) is 6.25. The average Bonchev–Trinajstić information content (AvgIpc) is 3.10. The molecular formula is C13H18N2O2S. The Balaban J connectivity index is 1.58. The summed E-state index contributed by atoms with van der Waals surface area (Å²) in [6.07, 6.45) is 2.45. The summed E-state index contributed by atoms with van der Waals surface area (Å²) in [5.41, 5.74) is 0. The lowest BCUT2D eigenvalue weighted by atomic mass is 10.3. The predicted molar refractivity (Wildman–Crippen MR) is 71.5 cm³/mol. The quantitative estimate of drug-likeness (QED) is 0.761. The molecule has 0 aliphatic heterocycles. The van der Waals surface area contributed by atoms with Gasteiger partial charge in [-0.25, -0.2) is 0 Å². The molecule has 5 heteroatoms. The molecule has 0 radical (unpaired) electrons. The van der Waals surface area contributed by atoms with Gasteiger partial charge in [0.05, 0.1) is 6.42 Å². The van der Waals surface area contributed by atoms with Gasteiger partial charge in [0.1, 0.15) is 0 Å². The van der Waals surface area contributed by atoms with Crippen LogP contribution in [0.15, 0.2) is 12.1 Å². The van der Waals surface area contributed by atoms with Gasteiger partial charge in [-0.3, -0.25) is 9.59 Å². The van der Waals surface area contributed by atoms with Crippen LogP contribution < -0.4 is 10.6 Å². The fourth-order valence-electron chi connectivity index (χ4n) is 1.68. The third-order valence-electron chi connectivity index (χ3n) is 2.83. The van der Waals surface area contributed by atoms with Crippen LogP contribution in [0.25, 0.3) is 0 Å². The van der Waals surface area contributed by atoms with Gasteiger partial charge in [0.2, 0.25) is 11.8 Å². The lowest BCUT2D eigenvalue weighted by molar-refractivity contribution is -0.123. The Morgan fingerprint density at radius 2 is 2.00 bits per heavy atom. The minimum Gasteiger partial charge on any atom is -0.354 e. The highest BCUT2D eigenvalue weighted by Crippen LogP contribution is 2.28. The molecular weight excluding hydrogens is 248 g/mol. The van der Waals surface area contributed by atoms with Crippen molar-refractivity contribution in [1.29, 1.82) is 0 Å². The van der Waals surface area contributed by atoms with E-state index in [1.807, 2.05) is 19.1 Å². The van der Waals surface area contributed by atoms with Crippen molar-refractivity contribution >= 4 is 23.2 Å². The summed E-state index contributed by atoms with van der Waals surface area (Å²) in [5.74, 6) is 0.366. The molecule has 0 unspecified atom stereocenters. The summed E-state index contributed by atoms with van der Waals surface area (Å²) >= 11 is 1.64. The number of carbonyl (C=O) groups is 2. The van der Waals surface area contributed by atoms with E-state index in [1.54, 1.807) is 11.3 Å². The zero-order valence-corrected chi connectivity index (χ0v) is 11.3. The van der Waals surface area contributed by atoms with Gasteiger partial charge in [-0.1, -0.05) is 0 Å². The Hall–Kier alpha value is -1.36. The van der Waals surface area contributed by atoms with E-state index in [0.717, 1.165) is 17.7 Å². The zero-order valence-electron chi connectivity index (χ0n) is 10.5. The first-order chi connectivity index (χ1) is 8.65. The molecule has 1 aromatic heterocycles. The van der Waals surface area contributed by atoms with Gasteiger partial charge in [-0.15, -0.1) is 11.3 Å². The second kappa shape index (κ2) is 6.00. The van der Waals surface area contributed by atoms with Gasteiger partial charge in [0.25, 0.3) is 0 Å². The summed E-state index contributed by atoms with van der Waals surface area (Å²) in [5, 5.41) is 5.62. The van der Waals surface area contributed by atoms with Crippen molar-refractivity contribution < 1.29 is 9.59 Å². The number of hydrogen-bond donors (Lipinski definition) is 2. The van der Waals surface area contributed by atoms with Gasteiger partial charge in [-0.2, -0.15) is 0 Å². The minimum absolute atomic E-state index is 0.0116. The van der Waals surface area contributed by atoms with Gasteiger partial charge < -0.3 is 10.6 Å². The predicted octanol–water partition coefficient (Wildman–Crippen LogP) is 1.24. The largest absolute Gasteiger partial charge is 0.354 e. The molecule has 0 spiro atoms. The minimum atomic E-state index is 0.0116. The maximum absolute atomic E-state index is 11.6. The van der Waals surface area contributed by atoms with E-state index in [-0.39, 0.29) is 17.7 Å². The van der Waals surface area contributed by atoms with Crippen molar-refractivity contribution in [1.82, 2.24) is 10.6 Å². The fraction of sp³-hybridized carbons (Fsp3) is 0.538. The van der Waals surface area contributed by atoms with Gasteiger partial charge in [0.15, 0.2) is 0 Å². The van der Waals surface area contributed by atoms with Gasteiger partial charge in [-0.05, 0) is 31.9 Å². The first kappa shape index (κ1) is 13.1. The van der Waals surface area contributed by atoms with Crippen LogP contribution in [0.5, 0.6) is 0 Å². The van der Waals surface area contributed by atoms with Crippen molar-refractivity contribution in [2.24, 2.45) is 5.92 Å². The van der Waals surface area contributed by atoms with Crippen LogP contribution in [-0.2, 0) is 16.0 Å². The molecule has 2 N–H and O–H groups in total. The molecule has 1 saturated carbocycles. The summed E-state index contributed by atoms with van der Waals surface area (Å²) in [6.45, 7) is 3.05. The van der Waals surface area contributed by atoms with E-state index in [2.05, 4.69) is 10.6 Å². The molecule has 0 atom stereocenters. The molecule has 1 aliphatic rings. The summed E-state index contributed by atoms with van der Waals surface area (Å²) < 4.78 is 0. The van der Waals surface area contributed by atoms with Crippen LogP contribution in [0.2, 0.25) is 0 Å². The van der Waals surface area contributed by atoms with E-state index in [4.69, 9.17) is 0 Å². The average molecular weight is 266 g/mol. The van der Waals surface area contributed by atoms with Crippen LogP contribution in [0.3, 0.4) is 0 Å². The monoisotopic (exact) mass is 266 g/mol. The Morgan fingerprint density at radius 1 is 1.28 bits per heavy atom. The van der Waals surface area contributed by atoms with Crippen LogP contribution in [-0.4, -0.2) is 24.9 Å². The fourth-order valence-corrected chi connectivity index (χ4v) is 2.57. The van der Waals surface area contributed by atoms with E-state index in [1.165, 1.54) is 4.88 Å². The molecule has 1 aromatic rings. The van der Waals surface area contributed by atoms with E-state index in [9.17, 15) is 9.59 Å². The normalized spacial score (nSPS) is 14.3. The summed E-state index contributed by atoms with van der Waals surface area (Å²) in [4.78, 5) is 25.2. The highest BCUT2D eigenvalue weighted by Gasteiger charge is 2.28. The molecule has 1 aliphatic carbocycles. The molecule has 2 rings (SSSR count). The smallest absolute Gasteiger partial charge is 0.225 e. The molecule has 4 nitrogen and oxygen atoms in total. The SMILES string of the molecule is Cc1ccc(CC(=O)NCCNC(=O)C2CC2)s1. The van der Waals surface area contributed by atoms with Crippen molar-refractivity contribution in [3.05, 3.63) is 21.9 Å².